The number of benzene rings is 1. The van der Waals surface area contributed by atoms with Gasteiger partial charge in [0.1, 0.15) is 5.75 Å². The molecule has 74 valence electrons. The smallest absolute Gasteiger partial charge is 0.409 e. The van der Waals surface area contributed by atoms with Crippen LogP contribution in [0.3, 0.4) is 0 Å². The first-order valence-corrected chi connectivity index (χ1v) is 3.56. The first kappa shape index (κ1) is 9.93. The minimum atomic E-state index is -0.884. The fourth-order valence-corrected chi connectivity index (χ4v) is 0.797. The van der Waals surface area contributed by atoms with Gasteiger partial charge in [-0.2, -0.15) is 0 Å². The maximum atomic E-state index is 10.6. The standard InChI is InChI=1S/C7H7N3O4/c8-9-7(11)14-6-3-1-2-5(4-6)10(12)13/h1-4H,8H2,(H,9,11). The van der Waals surface area contributed by atoms with Gasteiger partial charge in [-0.05, 0) is 6.07 Å². The number of rotatable bonds is 2. The van der Waals surface area contributed by atoms with Crippen molar-refractivity contribution in [2.24, 2.45) is 5.84 Å². The van der Waals surface area contributed by atoms with Gasteiger partial charge in [-0.25, -0.2) is 10.6 Å². The van der Waals surface area contributed by atoms with E-state index in [4.69, 9.17) is 5.84 Å². The number of nitro benzene ring substituents is 1. The van der Waals surface area contributed by atoms with Crippen molar-refractivity contribution >= 4 is 11.8 Å². The maximum Gasteiger partial charge on any atom is 0.426 e. The lowest BCUT2D eigenvalue weighted by Crippen LogP contribution is -2.32. The lowest BCUT2D eigenvalue weighted by Gasteiger charge is -2.01. The van der Waals surface area contributed by atoms with Crippen LogP contribution in [0.5, 0.6) is 5.75 Å². The van der Waals surface area contributed by atoms with Crippen molar-refractivity contribution in [3.63, 3.8) is 0 Å². The van der Waals surface area contributed by atoms with Gasteiger partial charge in [0.05, 0.1) is 11.0 Å². The lowest BCUT2D eigenvalue weighted by molar-refractivity contribution is -0.384. The molecule has 0 bridgehead atoms. The summed E-state index contributed by atoms with van der Waals surface area (Å²) in [7, 11) is 0. The fourth-order valence-electron chi connectivity index (χ4n) is 0.797. The Morgan fingerprint density at radius 1 is 1.57 bits per heavy atom. The summed E-state index contributed by atoms with van der Waals surface area (Å²) in [6.07, 6.45) is -0.884. The van der Waals surface area contributed by atoms with E-state index in [-0.39, 0.29) is 11.4 Å². The van der Waals surface area contributed by atoms with Crippen LogP contribution in [0, 0.1) is 10.1 Å². The van der Waals surface area contributed by atoms with E-state index < -0.39 is 11.0 Å². The second kappa shape index (κ2) is 4.19. The highest BCUT2D eigenvalue weighted by molar-refractivity contribution is 5.69. The molecule has 0 aliphatic rings. The molecule has 0 aliphatic carbocycles. The molecule has 1 aromatic rings. The van der Waals surface area contributed by atoms with E-state index in [1.165, 1.54) is 18.2 Å². The summed E-state index contributed by atoms with van der Waals surface area (Å²) >= 11 is 0. The largest absolute Gasteiger partial charge is 0.426 e. The third kappa shape index (κ3) is 2.42. The first-order chi connectivity index (χ1) is 6.63. The lowest BCUT2D eigenvalue weighted by atomic mass is 10.3. The van der Waals surface area contributed by atoms with Crippen molar-refractivity contribution in [1.82, 2.24) is 5.43 Å². The Kier molecular flexibility index (Phi) is 2.97. The topological polar surface area (TPSA) is 107 Å². The van der Waals surface area contributed by atoms with Gasteiger partial charge in [0.15, 0.2) is 0 Å². The molecule has 0 radical (unpaired) electrons. The van der Waals surface area contributed by atoms with Gasteiger partial charge < -0.3 is 4.74 Å². The van der Waals surface area contributed by atoms with Gasteiger partial charge in [0.25, 0.3) is 5.69 Å². The number of carbonyl (C=O) groups excluding carboxylic acids is 1. The van der Waals surface area contributed by atoms with Crippen molar-refractivity contribution in [3.05, 3.63) is 34.4 Å². The number of nitrogens with zero attached hydrogens (tertiary/aromatic N) is 1. The molecule has 1 rings (SSSR count). The minimum Gasteiger partial charge on any atom is -0.409 e. The summed E-state index contributed by atoms with van der Waals surface area (Å²) < 4.78 is 4.57. The second-order valence-electron chi connectivity index (χ2n) is 2.29. The fraction of sp³-hybridized carbons (Fsp3) is 0. The SMILES string of the molecule is NNC(=O)Oc1cccc([N+](=O)[O-])c1. The van der Waals surface area contributed by atoms with Gasteiger partial charge >= 0.3 is 6.09 Å². The predicted molar refractivity (Wildman–Crippen MR) is 46.4 cm³/mol. The number of amides is 1. The Morgan fingerprint density at radius 2 is 2.29 bits per heavy atom. The number of non-ortho nitro benzene ring substituents is 1. The number of carbonyl (C=O) groups is 1. The van der Waals surface area contributed by atoms with Crippen LogP contribution in [0.15, 0.2) is 24.3 Å². The van der Waals surface area contributed by atoms with Gasteiger partial charge in [-0.3, -0.25) is 15.5 Å². The summed E-state index contributed by atoms with van der Waals surface area (Å²) in [5.41, 5.74) is 1.57. The molecule has 0 saturated heterocycles. The Hall–Kier alpha value is -2.15. The van der Waals surface area contributed by atoms with E-state index in [0.717, 1.165) is 6.07 Å². The monoisotopic (exact) mass is 197 g/mol. The van der Waals surface area contributed by atoms with E-state index in [0.29, 0.717) is 0 Å². The van der Waals surface area contributed by atoms with E-state index in [1.54, 1.807) is 5.43 Å². The van der Waals surface area contributed by atoms with Crippen LogP contribution in [0.25, 0.3) is 0 Å². The number of hydrazine groups is 1. The Morgan fingerprint density at radius 3 is 2.86 bits per heavy atom. The number of nitrogens with one attached hydrogen (secondary N) is 1. The normalized spacial score (nSPS) is 9.21. The highest BCUT2D eigenvalue weighted by atomic mass is 16.6. The molecule has 0 aliphatic heterocycles. The van der Waals surface area contributed by atoms with Crippen LogP contribution < -0.4 is 16.0 Å². The molecule has 1 amide bonds. The zero-order chi connectivity index (χ0) is 10.6. The summed E-state index contributed by atoms with van der Waals surface area (Å²) in [6, 6.07) is 5.21. The highest BCUT2D eigenvalue weighted by Gasteiger charge is 2.08. The van der Waals surface area contributed by atoms with Crippen LogP contribution in [-0.4, -0.2) is 11.0 Å². The summed E-state index contributed by atoms with van der Waals surface area (Å²) in [5, 5.41) is 10.3. The molecule has 3 N–H and O–H groups in total. The molecule has 14 heavy (non-hydrogen) atoms. The van der Waals surface area contributed by atoms with E-state index in [2.05, 4.69) is 4.74 Å². The molecule has 0 atom stereocenters. The van der Waals surface area contributed by atoms with Gasteiger partial charge in [-0.15, -0.1) is 0 Å². The Labute approximate surface area is 78.6 Å². The molecular formula is C7H7N3O4. The summed E-state index contributed by atoms with van der Waals surface area (Å²) in [6.45, 7) is 0. The molecule has 7 heteroatoms. The number of ether oxygens (including phenoxy) is 1. The van der Waals surface area contributed by atoms with Crippen molar-refractivity contribution in [3.8, 4) is 5.75 Å². The average molecular weight is 197 g/mol. The van der Waals surface area contributed by atoms with Gasteiger partial charge in [-0.1, -0.05) is 6.07 Å². The van der Waals surface area contributed by atoms with Crippen LogP contribution in [0.4, 0.5) is 10.5 Å². The average Bonchev–Trinajstić information content (AvgIpc) is 2.18. The van der Waals surface area contributed by atoms with Crippen LogP contribution in [-0.2, 0) is 0 Å². The van der Waals surface area contributed by atoms with Crippen LogP contribution in [0.2, 0.25) is 0 Å². The number of hydrogen-bond donors (Lipinski definition) is 2. The molecule has 1 aromatic carbocycles. The van der Waals surface area contributed by atoms with Crippen LogP contribution in [0.1, 0.15) is 0 Å². The molecule has 0 spiro atoms. The summed E-state index contributed by atoms with van der Waals surface area (Å²) in [5.74, 6) is 4.82. The third-order valence-corrected chi connectivity index (χ3v) is 1.36. The van der Waals surface area contributed by atoms with Crippen molar-refractivity contribution in [2.75, 3.05) is 0 Å². The third-order valence-electron chi connectivity index (χ3n) is 1.36. The molecule has 0 fully saturated rings. The number of hydrogen-bond acceptors (Lipinski definition) is 5. The highest BCUT2D eigenvalue weighted by Crippen LogP contribution is 2.18. The molecular weight excluding hydrogens is 190 g/mol. The van der Waals surface area contributed by atoms with Crippen molar-refractivity contribution < 1.29 is 14.5 Å². The van der Waals surface area contributed by atoms with E-state index in [1.807, 2.05) is 0 Å². The molecule has 0 unspecified atom stereocenters. The number of nitrogens with two attached hydrogens (primary N) is 1. The number of nitro groups is 1. The molecule has 7 nitrogen and oxygen atoms in total. The predicted octanol–water partition coefficient (Wildman–Crippen LogP) is 0.557. The second-order valence-corrected chi connectivity index (χ2v) is 2.29. The Balaban J connectivity index is 2.83. The Bertz CT molecular complexity index is 366. The zero-order valence-electron chi connectivity index (χ0n) is 6.97. The molecule has 0 saturated carbocycles. The summed E-state index contributed by atoms with van der Waals surface area (Å²) in [4.78, 5) is 20.4. The molecule has 0 aromatic heterocycles. The van der Waals surface area contributed by atoms with E-state index in [9.17, 15) is 14.9 Å². The maximum absolute atomic E-state index is 10.6. The molecule has 0 heterocycles. The first-order valence-electron chi connectivity index (χ1n) is 3.56. The minimum absolute atomic E-state index is 0.0575. The van der Waals surface area contributed by atoms with Gasteiger partial charge in [0, 0.05) is 6.07 Å². The quantitative estimate of drug-likeness (QED) is 0.311. The van der Waals surface area contributed by atoms with E-state index >= 15 is 0 Å². The van der Waals surface area contributed by atoms with Gasteiger partial charge in [0.2, 0.25) is 0 Å². The van der Waals surface area contributed by atoms with Crippen molar-refractivity contribution in [2.45, 2.75) is 0 Å². The van der Waals surface area contributed by atoms with Crippen molar-refractivity contribution in [1.29, 1.82) is 0 Å². The van der Waals surface area contributed by atoms with Crippen LogP contribution >= 0.6 is 0 Å². The zero-order valence-corrected chi connectivity index (χ0v) is 6.97.